The van der Waals surface area contributed by atoms with E-state index in [1.165, 1.54) is 6.20 Å². The molecule has 2 aromatic rings. The highest BCUT2D eigenvalue weighted by molar-refractivity contribution is 6.03. The Morgan fingerprint density at radius 3 is 2.85 bits per heavy atom. The molecule has 7 nitrogen and oxygen atoms in total. The smallest absolute Gasteiger partial charge is 0.364 e. The highest BCUT2D eigenvalue weighted by Crippen LogP contribution is 2.38. The van der Waals surface area contributed by atoms with Crippen molar-refractivity contribution in [2.45, 2.75) is 31.5 Å². The average Bonchev–Trinajstić information content (AvgIpc) is 3.07. The quantitative estimate of drug-likeness (QED) is 0.653. The molecule has 27 heavy (non-hydrogen) atoms. The van der Waals surface area contributed by atoms with Crippen LogP contribution in [0.25, 0.3) is 11.3 Å². The molecule has 2 aliphatic rings. The number of nitrogens with zero attached hydrogens (tertiary/aromatic N) is 2. The Bertz CT molecular complexity index is 857. The normalized spacial score (nSPS) is 20.1. The minimum Gasteiger partial charge on any atom is -0.364 e. The molecule has 0 spiro atoms. The van der Waals surface area contributed by atoms with Crippen molar-refractivity contribution in [3.05, 3.63) is 29.2 Å². The Morgan fingerprint density at radius 1 is 1.26 bits per heavy atom. The van der Waals surface area contributed by atoms with E-state index >= 15 is 0 Å². The van der Waals surface area contributed by atoms with Crippen LogP contribution in [-0.4, -0.2) is 46.5 Å². The molecule has 144 valence electrons. The summed E-state index contributed by atoms with van der Waals surface area (Å²) in [6, 6.07) is 0.0479. The number of nitrogens with one attached hydrogen (secondary N) is 4. The fourth-order valence-electron chi connectivity index (χ4n) is 3.52. The van der Waals surface area contributed by atoms with Crippen LogP contribution in [0.4, 0.5) is 19.1 Å². The fourth-order valence-corrected chi connectivity index (χ4v) is 3.52. The van der Waals surface area contributed by atoms with Crippen molar-refractivity contribution in [1.29, 1.82) is 0 Å². The lowest BCUT2D eigenvalue weighted by atomic mass is 10.00. The molecule has 1 atom stereocenters. The first-order valence-corrected chi connectivity index (χ1v) is 8.84. The van der Waals surface area contributed by atoms with E-state index in [4.69, 9.17) is 0 Å². The van der Waals surface area contributed by atoms with E-state index in [1.54, 1.807) is 0 Å². The summed E-state index contributed by atoms with van der Waals surface area (Å²) in [5.41, 5.74) is -0.280. The molecule has 1 amide bonds. The van der Waals surface area contributed by atoms with Gasteiger partial charge in [0.25, 0.3) is 5.91 Å². The third-order valence-corrected chi connectivity index (χ3v) is 4.83. The molecule has 0 unspecified atom stereocenters. The summed E-state index contributed by atoms with van der Waals surface area (Å²) in [6.45, 7) is 2.06. The molecule has 0 radical (unpaired) electrons. The van der Waals surface area contributed by atoms with Crippen LogP contribution in [0.5, 0.6) is 0 Å². The van der Waals surface area contributed by atoms with Crippen LogP contribution in [0, 0.1) is 0 Å². The van der Waals surface area contributed by atoms with E-state index < -0.39 is 17.6 Å². The molecule has 0 aromatic carbocycles. The third kappa shape index (κ3) is 3.48. The van der Waals surface area contributed by atoms with Gasteiger partial charge in [0, 0.05) is 49.2 Å². The van der Waals surface area contributed by atoms with Gasteiger partial charge in [-0.3, -0.25) is 4.79 Å². The Balaban J connectivity index is 1.76. The number of aromatic amines is 1. The van der Waals surface area contributed by atoms with Crippen LogP contribution in [0.15, 0.2) is 12.4 Å². The number of halogens is 3. The number of alkyl halides is 3. The Hall–Kier alpha value is -2.62. The van der Waals surface area contributed by atoms with Gasteiger partial charge in [0.05, 0.1) is 11.3 Å². The van der Waals surface area contributed by atoms with E-state index in [-0.39, 0.29) is 28.8 Å². The van der Waals surface area contributed by atoms with Crippen molar-refractivity contribution in [2.75, 3.05) is 25.0 Å². The predicted molar refractivity (Wildman–Crippen MR) is 92.4 cm³/mol. The fraction of sp³-hybridized carbons (Fsp3) is 0.471. The van der Waals surface area contributed by atoms with Gasteiger partial charge in [-0.25, -0.2) is 9.97 Å². The maximum atomic E-state index is 13.5. The Kier molecular flexibility index (Phi) is 4.50. The van der Waals surface area contributed by atoms with Crippen molar-refractivity contribution in [1.82, 2.24) is 25.6 Å². The number of piperidine rings is 1. The number of carbonyl (C=O) groups is 1. The summed E-state index contributed by atoms with van der Waals surface area (Å²) in [4.78, 5) is 23.1. The maximum Gasteiger partial charge on any atom is 0.419 e. The number of amides is 1. The largest absolute Gasteiger partial charge is 0.419 e. The summed E-state index contributed by atoms with van der Waals surface area (Å²) in [7, 11) is 0. The highest BCUT2D eigenvalue weighted by atomic mass is 19.4. The van der Waals surface area contributed by atoms with E-state index in [2.05, 4.69) is 30.9 Å². The number of hydrogen-bond acceptors (Lipinski definition) is 5. The predicted octanol–water partition coefficient (Wildman–Crippen LogP) is 1.94. The molecule has 0 aliphatic carbocycles. The monoisotopic (exact) mass is 380 g/mol. The second-order valence-electron chi connectivity index (χ2n) is 6.70. The average molecular weight is 380 g/mol. The molecular formula is C17H19F3N6O. The van der Waals surface area contributed by atoms with Gasteiger partial charge in [0.1, 0.15) is 5.56 Å². The van der Waals surface area contributed by atoms with Gasteiger partial charge in [-0.2, -0.15) is 13.2 Å². The number of aromatic nitrogens is 3. The van der Waals surface area contributed by atoms with Crippen molar-refractivity contribution in [2.24, 2.45) is 0 Å². The van der Waals surface area contributed by atoms with Crippen LogP contribution < -0.4 is 16.0 Å². The zero-order valence-corrected chi connectivity index (χ0v) is 14.4. The Labute approximate surface area is 153 Å². The van der Waals surface area contributed by atoms with Gasteiger partial charge in [0.2, 0.25) is 5.95 Å². The molecule has 1 saturated heterocycles. The van der Waals surface area contributed by atoms with Gasteiger partial charge < -0.3 is 20.9 Å². The van der Waals surface area contributed by atoms with E-state index in [9.17, 15) is 18.0 Å². The third-order valence-electron chi connectivity index (χ3n) is 4.83. The molecule has 4 rings (SSSR count). The highest BCUT2D eigenvalue weighted by Gasteiger charge is 2.37. The molecule has 10 heteroatoms. The first-order chi connectivity index (χ1) is 12.9. The van der Waals surface area contributed by atoms with Gasteiger partial charge >= 0.3 is 6.18 Å². The van der Waals surface area contributed by atoms with Crippen LogP contribution in [0.3, 0.4) is 0 Å². The van der Waals surface area contributed by atoms with Gasteiger partial charge in [-0.05, 0) is 19.4 Å². The summed E-state index contributed by atoms with van der Waals surface area (Å²) in [6.07, 6.45) is -0.0482. The topological polar surface area (TPSA) is 94.7 Å². The van der Waals surface area contributed by atoms with Gasteiger partial charge in [0.15, 0.2) is 0 Å². The molecule has 0 bridgehead atoms. The van der Waals surface area contributed by atoms with Crippen molar-refractivity contribution >= 4 is 11.9 Å². The lowest BCUT2D eigenvalue weighted by molar-refractivity contribution is -0.137. The second-order valence-corrected chi connectivity index (χ2v) is 6.70. The minimum absolute atomic E-state index is 0.0479. The van der Waals surface area contributed by atoms with Crippen molar-refractivity contribution in [3.63, 3.8) is 0 Å². The molecule has 2 aliphatic heterocycles. The molecule has 1 fully saturated rings. The summed E-state index contributed by atoms with van der Waals surface area (Å²) >= 11 is 0. The molecule has 0 saturated carbocycles. The summed E-state index contributed by atoms with van der Waals surface area (Å²) in [5.74, 6) is -0.275. The zero-order valence-electron chi connectivity index (χ0n) is 14.4. The number of rotatable bonds is 3. The van der Waals surface area contributed by atoms with Crippen LogP contribution in [0.2, 0.25) is 0 Å². The number of H-pyrrole nitrogens is 1. The molecule has 4 heterocycles. The van der Waals surface area contributed by atoms with Crippen molar-refractivity contribution < 1.29 is 18.0 Å². The molecular weight excluding hydrogens is 361 g/mol. The number of carbonyl (C=O) groups excluding carboxylic acids is 1. The standard InChI is InChI=1S/C17H19F3N6O/c18-17(19,20)11-8-24-16(25-9-2-1-4-21-6-9)26-14(11)10-7-23-12-3-5-22-15(27)13(10)12/h7-9,21,23H,1-6H2,(H,22,27)(H,24,25,26)/t9-/m0/s1. The number of hydrogen-bond donors (Lipinski definition) is 4. The van der Waals surface area contributed by atoms with E-state index in [0.717, 1.165) is 25.6 Å². The zero-order chi connectivity index (χ0) is 19.0. The van der Waals surface area contributed by atoms with E-state index in [0.29, 0.717) is 25.2 Å². The summed E-state index contributed by atoms with van der Waals surface area (Å²) < 4.78 is 40.6. The first-order valence-electron chi connectivity index (χ1n) is 8.84. The first kappa shape index (κ1) is 17.8. The SMILES string of the molecule is O=C1NCCc2[nH]cc(-c3nc(N[C@H]4CCCNC4)ncc3C(F)(F)F)c21. The van der Waals surface area contributed by atoms with Crippen LogP contribution in [-0.2, 0) is 12.6 Å². The summed E-state index contributed by atoms with van der Waals surface area (Å²) in [5, 5.41) is 8.98. The molecule has 2 aromatic heterocycles. The maximum absolute atomic E-state index is 13.5. The minimum atomic E-state index is -4.63. The van der Waals surface area contributed by atoms with Crippen molar-refractivity contribution in [3.8, 4) is 11.3 Å². The van der Waals surface area contributed by atoms with Crippen LogP contribution in [0.1, 0.15) is 34.5 Å². The lowest BCUT2D eigenvalue weighted by Gasteiger charge is -2.24. The lowest BCUT2D eigenvalue weighted by Crippen LogP contribution is -2.38. The number of fused-ring (bicyclic) bond motifs is 1. The van der Waals surface area contributed by atoms with Crippen LogP contribution >= 0.6 is 0 Å². The number of anilines is 1. The van der Waals surface area contributed by atoms with E-state index in [1.807, 2.05) is 0 Å². The second kappa shape index (κ2) is 6.84. The Morgan fingerprint density at radius 2 is 2.11 bits per heavy atom. The van der Waals surface area contributed by atoms with Gasteiger partial charge in [-0.1, -0.05) is 0 Å². The van der Waals surface area contributed by atoms with Gasteiger partial charge in [-0.15, -0.1) is 0 Å². The molecule has 4 N–H and O–H groups in total.